The summed E-state index contributed by atoms with van der Waals surface area (Å²) in [6.45, 7) is 4.51. The van der Waals surface area contributed by atoms with Crippen molar-refractivity contribution in [2.75, 3.05) is 26.3 Å². The zero-order valence-corrected chi connectivity index (χ0v) is 12.9. The first kappa shape index (κ1) is 16.4. The SMILES string of the molecule is CCNCc1cc(S(=O)(=O)NCC2CCOC2)ccc1F. The molecule has 1 aliphatic rings. The molecule has 1 aromatic carbocycles. The molecule has 1 unspecified atom stereocenters. The van der Waals surface area contributed by atoms with Gasteiger partial charge in [-0.25, -0.2) is 17.5 Å². The fraction of sp³-hybridized carbons (Fsp3) is 0.571. The predicted octanol–water partition coefficient (Wildman–Crippen LogP) is 1.25. The van der Waals surface area contributed by atoms with Crippen molar-refractivity contribution in [3.8, 4) is 0 Å². The van der Waals surface area contributed by atoms with E-state index in [9.17, 15) is 12.8 Å². The van der Waals surface area contributed by atoms with Crippen molar-refractivity contribution in [2.24, 2.45) is 5.92 Å². The summed E-state index contributed by atoms with van der Waals surface area (Å²) in [5, 5.41) is 2.99. The molecule has 1 fully saturated rings. The second kappa shape index (κ2) is 7.31. The van der Waals surface area contributed by atoms with Crippen LogP contribution >= 0.6 is 0 Å². The molecule has 0 saturated carbocycles. The molecule has 1 aromatic rings. The Morgan fingerprint density at radius 1 is 1.43 bits per heavy atom. The van der Waals surface area contributed by atoms with Crippen molar-refractivity contribution in [1.82, 2.24) is 10.0 Å². The molecule has 0 amide bonds. The maximum absolute atomic E-state index is 13.6. The van der Waals surface area contributed by atoms with Gasteiger partial charge in [-0.15, -0.1) is 0 Å². The highest BCUT2D eigenvalue weighted by atomic mass is 32.2. The van der Waals surface area contributed by atoms with Gasteiger partial charge in [0.25, 0.3) is 0 Å². The van der Waals surface area contributed by atoms with Gasteiger partial charge in [0.05, 0.1) is 11.5 Å². The van der Waals surface area contributed by atoms with Gasteiger partial charge in [0.15, 0.2) is 0 Å². The molecular formula is C14H21FN2O3S. The van der Waals surface area contributed by atoms with Crippen LogP contribution in [-0.2, 0) is 21.3 Å². The van der Waals surface area contributed by atoms with E-state index < -0.39 is 15.8 Å². The van der Waals surface area contributed by atoms with Crippen molar-refractivity contribution in [3.63, 3.8) is 0 Å². The highest BCUT2D eigenvalue weighted by molar-refractivity contribution is 7.89. The van der Waals surface area contributed by atoms with E-state index >= 15 is 0 Å². The van der Waals surface area contributed by atoms with Gasteiger partial charge in [-0.3, -0.25) is 0 Å². The summed E-state index contributed by atoms with van der Waals surface area (Å²) in [5.41, 5.74) is 0.351. The molecule has 2 N–H and O–H groups in total. The summed E-state index contributed by atoms with van der Waals surface area (Å²) in [6.07, 6.45) is 0.859. The fourth-order valence-electron chi connectivity index (χ4n) is 2.17. The molecule has 0 spiro atoms. The largest absolute Gasteiger partial charge is 0.381 e. The van der Waals surface area contributed by atoms with Gasteiger partial charge >= 0.3 is 0 Å². The van der Waals surface area contributed by atoms with Crippen LogP contribution in [0.5, 0.6) is 0 Å². The molecule has 0 aliphatic carbocycles. The standard InChI is InChI=1S/C14H21FN2O3S/c1-2-16-9-12-7-13(3-4-14(12)15)21(18,19)17-8-11-5-6-20-10-11/h3-4,7,11,16-17H,2,5-6,8-10H2,1H3. The van der Waals surface area contributed by atoms with E-state index in [2.05, 4.69) is 10.0 Å². The first-order valence-corrected chi connectivity index (χ1v) is 8.58. The van der Waals surface area contributed by atoms with Crippen LogP contribution in [0.15, 0.2) is 23.1 Å². The molecule has 21 heavy (non-hydrogen) atoms. The Labute approximate surface area is 124 Å². The van der Waals surface area contributed by atoms with Crippen molar-refractivity contribution < 1.29 is 17.5 Å². The van der Waals surface area contributed by atoms with Crippen LogP contribution in [0.3, 0.4) is 0 Å². The first-order valence-electron chi connectivity index (χ1n) is 7.09. The Hall–Kier alpha value is -1.02. The number of hydrogen-bond acceptors (Lipinski definition) is 4. The number of rotatable bonds is 7. The summed E-state index contributed by atoms with van der Waals surface area (Å²) in [5.74, 6) is -0.194. The smallest absolute Gasteiger partial charge is 0.240 e. The molecule has 1 atom stereocenters. The molecule has 1 heterocycles. The third-order valence-corrected chi connectivity index (χ3v) is 4.90. The summed E-state index contributed by atoms with van der Waals surface area (Å²) in [6, 6.07) is 3.86. The van der Waals surface area contributed by atoms with Gasteiger partial charge in [-0.05, 0) is 37.1 Å². The number of nitrogens with one attached hydrogen (secondary N) is 2. The summed E-state index contributed by atoms with van der Waals surface area (Å²) >= 11 is 0. The van der Waals surface area contributed by atoms with Crippen molar-refractivity contribution in [2.45, 2.75) is 24.8 Å². The Balaban J connectivity index is 2.07. The highest BCUT2D eigenvalue weighted by Crippen LogP contribution is 2.16. The van der Waals surface area contributed by atoms with E-state index in [0.717, 1.165) is 6.42 Å². The van der Waals surface area contributed by atoms with E-state index in [1.165, 1.54) is 18.2 Å². The Bertz CT molecular complexity index is 572. The number of halogens is 1. The monoisotopic (exact) mass is 316 g/mol. The Kier molecular flexibility index (Phi) is 5.69. The van der Waals surface area contributed by atoms with Gasteiger partial charge in [0, 0.05) is 25.3 Å². The molecule has 1 aliphatic heterocycles. The number of benzene rings is 1. The van der Waals surface area contributed by atoms with Crippen molar-refractivity contribution >= 4 is 10.0 Å². The number of ether oxygens (including phenoxy) is 1. The van der Waals surface area contributed by atoms with Crippen LogP contribution in [0.1, 0.15) is 18.9 Å². The van der Waals surface area contributed by atoms with Crippen LogP contribution in [0.25, 0.3) is 0 Å². The van der Waals surface area contributed by atoms with Gasteiger partial charge in [-0.2, -0.15) is 0 Å². The second-order valence-electron chi connectivity index (χ2n) is 5.12. The van der Waals surface area contributed by atoms with E-state index in [4.69, 9.17) is 4.74 Å². The van der Waals surface area contributed by atoms with Gasteiger partial charge in [-0.1, -0.05) is 6.92 Å². The summed E-state index contributed by atoms with van der Waals surface area (Å²) < 4.78 is 45.9. The average Bonchev–Trinajstić information content (AvgIpc) is 2.97. The lowest BCUT2D eigenvalue weighted by Crippen LogP contribution is -2.29. The van der Waals surface area contributed by atoms with Gasteiger partial charge < -0.3 is 10.1 Å². The zero-order chi connectivity index (χ0) is 15.3. The topological polar surface area (TPSA) is 67.4 Å². The molecule has 5 nitrogen and oxygen atoms in total. The molecule has 1 saturated heterocycles. The number of sulfonamides is 1. The molecule has 0 radical (unpaired) electrons. The van der Waals surface area contributed by atoms with Crippen LogP contribution in [0.4, 0.5) is 4.39 Å². The molecule has 0 bridgehead atoms. The minimum absolute atomic E-state index is 0.0933. The average molecular weight is 316 g/mol. The fourth-order valence-corrected chi connectivity index (χ4v) is 3.34. The van der Waals surface area contributed by atoms with Crippen LogP contribution in [-0.4, -0.2) is 34.7 Å². The summed E-state index contributed by atoms with van der Waals surface area (Å²) in [7, 11) is -3.61. The lowest BCUT2D eigenvalue weighted by atomic mass is 10.1. The van der Waals surface area contributed by atoms with E-state index in [1.807, 2.05) is 6.92 Å². The van der Waals surface area contributed by atoms with Crippen molar-refractivity contribution in [1.29, 1.82) is 0 Å². The van der Waals surface area contributed by atoms with Crippen molar-refractivity contribution in [3.05, 3.63) is 29.6 Å². The molecule has 118 valence electrons. The van der Waals surface area contributed by atoms with Crippen LogP contribution in [0.2, 0.25) is 0 Å². The minimum Gasteiger partial charge on any atom is -0.381 e. The molecule has 2 rings (SSSR count). The zero-order valence-electron chi connectivity index (χ0n) is 12.1. The third-order valence-electron chi connectivity index (χ3n) is 3.48. The van der Waals surface area contributed by atoms with E-state index in [1.54, 1.807) is 0 Å². The number of hydrogen-bond donors (Lipinski definition) is 2. The second-order valence-corrected chi connectivity index (χ2v) is 6.88. The maximum Gasteiger partial charge on any atom is 0.240 e. The van der Waals surface area contributed by atoms with Crippen LogP contribution < -0.4 is 10.0 Å². The third kappa shape index (κ3) is 4.47. The molecule has 7 heteroatoms. The summed E-state index contributed by atoms with van der Waals surface area (Å²) in [4.78, 5) is 0.0933. The van der Waals surface area contributed by atoms with E-state index in [0.29, 0.717) is 38.4 Å². The minimum atomic E-state index is -3.61. The highest BCUT2D eigenvalue weighted by Gasteiger charge is 2.21. The normalized spacial score (nSPS) is 19.0. The maximum atomic E-state index is 13.6. The Morgan fingerprint density at radius 3 is 2.90 bits per heavy atom. The quantitative estimate of drug-likeness (QED) is 0.794. The predicted molar refractivity (Wildman–Crippen MR) is 77.9 cm³/mol. The molecule has 0 aromatic heterocycles. The molecular weight excluding hydrogens is 295 g/mol. The first-order chi connectivity index (χ1) is 10.0. The van der Waals surface area contributed by atoms with Gasteiger partial charge in [0.1, 0.15) is 5.82 Å². The Morgan fingerprint density at radius 2 is 2.24 bits per heavy atom. The van der Waals surface area contributed by atoms with E-state index in [-0.39, 0.29) is 10.8 Å². The van der Waals surface area contributed by atoms with Gasteiger partial charge in [0.2, 0.25) is 10.0 Å². The lowest BCUT2D eigenvalue weighted by Gasteiger charge is -2.12. The lowest BCUT2D eigenvalue weighted by molar-refractivity contribution is 0.186. The van der Waals surface area contributed by atoms with Crippen LogP contribution in [0, 0.1) is 11.7 Å².